The Labute approximate surface area is 128 Å². The molecule has 0 aliphatic heterocycles. The van der Waals surface area contributed by atoms with Gasteiger partial charge in [0.15, 0.2) is 0 Å². The summed E-state index contributed by atoms with van der Waals surface area (Å²) in [5.74, 6) is 3.09. The molecule has 0 bridgehead atoms. The monoisotopic (exact) mass is 314 g/mol. The number of ether oxygens (including phenoxy) is 1. The highest BCUT2D eigenvalue weighted by molar-refractivity contribution is 7.59. The molecule has 4 nitrogen and oxygen atoms in total. The van der Waals surface area contributed by atoms with Gasteiger partial charge in [-0.3, -0.25) is 9.05 Å². The third-order valence-electron chi connectivity index (χ3n) is 3.41. The van der Waals surface area contributed by atoms with Gasteiger partial charge in [0.2, 0.25) is 0 Å². The zero-order valence-electron chi connectivity index (χ0n) is 13.2. The van der Waals surface area contributed by atoms with Crippen molar-refractivity contribution in [3.8, 4) is 11.6 Å². The van der Waals surface area contributed by atoms with Gasteiger partial charge in [0.1, 0.15) is 5.60 Å². The second kappa shape index (κ2) is 9.43. The van der Waals surface area contributed by atoms with Crippen molar-refractivity contribution in [1.82, 2.24) is 0 Å². The van der Waals surface area contributed by atoms with Crippen LogP contribution in [0.15, 0.2) is 12.7 Å². The van der Waals surface area contributed by atoms with Crippen molar-refractivity contribution in [3.63, 3.8) is 0 Å². The summed E-state index contributed by atoms with van der Waals surface area (Å²) in [5.41, 5.74) is 2.20. The second-order valence-corrected chi connectivity index (χ2v) is 6.81. The fraction of sp³-hybridized carbons (Fsp3) is 0.750. The minimum absolute atomic E-state index is 0.312. The molecule has 1 saturated carbocycles. The van der Waals surface area contributed by atoms with E-state index in [2.05, 4.69) is 18.2 Å². The van der Waals surface area contributed by atoms with E-state index in [-0.39, 0.29) is 0 Å². The van der Waals surface area contributed by atoms with Crippen LogP contribution in [0.4, 0.5) is 0 Å². The van der Waals surface area contributed by atoms with E-state index in [1.54, 1.807) is 19.9 Å². The SMILES string of the molecule is C=CCOC1(C#CP(=O)(OCC)OCC)CCCCCC1. The molecule has 0 atom stereocenters. The first-order valence-corrected chi connectivity index (χ1v) is 9.32. The van der Waals surface area contributed by atoms with Gasteiger partial charge in [-0.15, -0.1) is 6.58 Å². The lowest BCUT2D eigenvalue weighted by molar-refractivity contribution is 0.00521. The molecule has 21 heavy (non-hydrogen) atoms. The molecule has 0 amide bonds. The molecule has 1 rings (SSSR count). The van der Waals surface area contributed by atoms with Crippen LogP contribution in [0.2, 0.25) is 0 Å². The Kier molecular flexibility index (Phi) is 8.29. The highest BCUT2D eigenvalue weighted by Gasteiger charge is 2.31. The summed E-state index contributed by atoms with van der Waals surface area (Å²) in [5, 5.41) is 0. The minimum atomic E-state index is -3.34. The Morgan fingerprint density at radius 3 is 2.19 bits per heavy atom. The van der Waals surface area contributed by atoms with Crippen LogP contribution in [0.1, 0.15) is 52.4 Å². The molecular formula is C16H27O4P. The Balaban J connectivity index is 2.95. The van der Waals surface area contributed by atoms with E-state index in [0.29, 0.717) is 19.8 Å². The molecule has 1 fully saturated rings. The first-order valence-electron chi connectivity index (χ1n) is 7.78. The lowest BCUT2D eigenvalue weighted by Crippen LogP contribution is -2.30. The van der Waals surface area contributed by atoms with Gasteiger partial charge in [-0.05, 0) is 39.5 Å². The van der Waals surface area contributed by atoms with E-state index >= 15 is 0 Å². The maximum absolute atomic E-state index is 12.5. The van der Waals surface area contributed by atoms with E-state index in [4.69, 9.17) is 13.8 Å². The molecular weight excluding hydrogens is 287 g/mol. The molecule has 0 aromatic heterocycles. The molecule has 120 valence electrons. The zero-order chi connectivity index (χ0) is 15.6. The third kappa shape index (κ3) is 6.36. The molecule has 5 heteroatoms. The van der Waals surface area contributed by atoms with Gasteiger partial charge in [0, 0.05) is 5.66 Å². The maximum atomic E-state index is 12.5. The Bertz CT molecular complexity index is 404. The fourth-order valence-electron chi connectivity index (χ4n) is 2.44. The Morgan fingerprint density at radius 2 is 1.71 bits per heavy atom. The fourth-order valence-corrected chi connectivity index (χ4v) is 3.66. The topological polar surface area (TPSA) is 44.8 Å². The molecule has 0 saturated heterocycles. The van der Waals surface area contributed by atoms with Gasteiger partial charge in [-0.1, -0.05) is 24.8 Å². The minimum Gasteiger partial charge on any atom is -0.358 e. The van der Waals surface area contributed by atoms with Gasteiger partial charge >= 0.3 is 7.60 Å². The van der Waals surface area contributed by atoms with Crippen LogP contribution in [0.3, 0.4) is 0 Å². The molecule has 1 aliphatic carbocycles. The third-order valence-corrected chi connectivity index (χ3v) is 4.99. The summed E-state index contributed by atoms with van der Waals surface area (Å²) in [6.07, 6.45) is 7.95. The van der Waals surface area contributed by atoms with Crippen LogP contribution in [-0.4, -0.2) is 25.4 Å². The average Bonchev–Trinajstić information content (AvgIpc) is 2.70. The zero-order valence-corrected chi connectivity index (χ0v) is 14.1. The molecule has 0 radical (unpaired) electrons. The van der Waals surface area contributed by atoms with E-state index in [0.717, 1.165) is 25.7 Å². The highest BCUT2D eigenvalue weighted by Crippen LogP contribution is 2.47. The van der Waals surface area contributed by atoms with Crippen molar-refractivity contribution in [2.75, 3.05) is 19.8 Å². The normalized spacial score (nSPS) is 18.4. The van der Waals surface area contributed by atoms with Gasteiger partial charge in [-0.2, -0.15) is 0 Å². The maximum Gasteiger partial charge on any atom is 0.405 e. The van der Waals surface area contributed by atoms with E-state index in [9.17, 15) is 4.57 Å². The average molecular weight is 314 g/mol. The second-order valence-electron chi connectivity index (χ2n) is 5.08. The first-order chi connectivity index (χ1) is 10.1. The molecule has 0 N–H and O–H groups in total. The van der Waals surface area contributed by atoms with Crippen LogP contribution in [-0.2, 0) is 18.3 Å². The van der Waals surface area contributed by atoms with Gasteiger partial charge in [0.05, 0.1) is 19.8 Å². The number of rotatable bonds is 7. The molecule has 0 unspecified atom stereocenters. The van der Waals surface area contributed by atoms with E-state index in [1.165, 1.54) is 12.8 Å². The van der Waals surface area contributed by atoms with E-state index < -0.39 is 13.2 Å². The predicted molar refractivity (Wildman–Crippen MR) is 85.2 cm³/mol. The lowest BCUT2D eigenvalue weighted by atomic mass is 9.95. The molecule has 1 aliphatic rings. The summed E-state index contributed by atoms with van der Waals surface area (Å²) in [6.45, 7) is 8.32. The molecule has 0 aromatic rings. The summed E-state index contributed by atoms with van der Waals surface area (Å²) in [4.78, 5) is 0. The van der Waals surface area contributed by atoms with Crippen molar-refractivity contribution in [1.29, 1.82) is 0 Å². The lowest BCUT2D eigenvalue weighted by Gasteiger charge is -2.27. The van der Waals surface area contributed by atoms with Crippen molar-refractivity contribution in [2.45, 2.75) is 58.0 Å². The Morgan fingerprint density at radius 1 is 1.14 bits per heavy atom. The predicted octanol–water partition coefficient (Wildman–Crippen LogP) is 4.51. The highest BCUT2D eigenvalue weighted by atomic mass is 31.2. The largest absolute Gasteiger partial charge is 0.405 e. The summed E-state index contributed by atoms with van der Waals surface area (Å²) in [7, 11) is -3.34. The number of hydrogen-bond acceptors (Lipinski definition) is 4. The van der Waals surface area contributed by atoms with Gasteiger partial charge in [0.25, 0.3) is 0 Å². The van der Waals surface area contributed by atoms with Crippen LogP contribution >= 0.6 is 7.60 Å². The van der Waals surface area contributed by atoms with Crippen molar-refractivity contribution in [3.05, 3.63) is 12.7 Å². The van der Waals surface area contributed by atoms with Crippen molar-refractivity contribution < 1.29 is 18.3 Å². The van der Waals surface area contributed by atoms with Gasteiger partial charge in [-0.25, -0.2) is 4.57 Å². The summed E-state index contributed by atoms with van der Waals surface area (Å²) in [6, 6.07) is 0. The quantitative estimate of drug-likeness (QED) is 0.300. The molecule has 0 heterocycles. The van der Waals surface area contributed by atoms with Gasteiger partial charge < -0.3 is 4.74 Å². The molecule has 0 spiro atoms. The summed E-state index contributed by atoms with van der Waals surface area (Å²) >= 11 is 0. The van der Waals surface area contributed by atoms with E-state index in [1.807, 2.05) is 0 Å². The summed E-state index contributed by atoms with van der Waals surface area (Å²) < 4.78 is 28.8. The molecule has 0 aromatic carbocycles. The standard InChI is InChI=1S/C16H27O4P/c1-4-14-18-16(11-9-7-8-10-12-16)13-15-21(17,19-5-2)20-6-3/h4H,1,5-12,14H2,2-3H3. The number of hydrogen-bond donors (Lipinski definition) is 0. The van der Waals surface area contributed by atoms with Crippen LogP contribution in [0.25, 0.3) is 0 Å². The Hall–Kier alpha value is -0.590. The first kappa shape index (κ1) is 18.5. The van der Waals surface area contributed by atoms with Crippen LogP contribution in [0.5, 0.6) is 0 Å². The van der Waals surface area contributed by atoms with Crippen LogP contribution in [0, 0.1) is 11.6 Å². The smallest absolute Gasteiger partial charge is 0.358 e. The van der Waals surface area contributed by atoms with Crippen LogP contribution < -0.4 is 0 Å². The van der Waals surface area contributed by atoms with Crippen molar-refractivity contribution >= 4 is 7.60 Å². The van der Waals surface area contributed by atoms with Crippen molar-refractivity contribution in [2.24, 2.45) is 0 Å².